The molecule has 0 radical (unpaired) electrons. The molecule has 0 aromatic carbocycles. The Balaban J connectivity index is 1.45. The molecule has 2 aromatic rings. The second-order valence-electron chi connectivity index (χ2n) is 9.31. The number of aromatic amines is 1. The van der Waals surface area contributed by atoms with Crippen molar-refractivity contribution in [1.82, 2.24) is 25.1 Å². The minimum atomic E-state index is 0.250. The van der Waals surface area contributed by atoms with Gasteiger partial charge in [0.2, 0.25) is 17.8 Å². The molecule has 4 heterocycles. The lowest BCUT2D eigenvalue weighted by atomic mass is 9.91. The normalized spacial score (nSPS) is 24.2. The maximum Gasteiger partial charge on any atom is 0.235 e. The Hall–Kier alpha value is -2.42. The standard InChI is InChI=1S/C20H30N8O/c1-13-11-20(2,3)12-28(13)19-23-17(21-16-10-15(25-26-16)14-4-5-14)22-18(24-19)27-6-8-29-9-7-27/h10,13-14H,4-9,11-12H2,1-3H3,(H2,21,22,23,24,25,26)/t13-/m0/s1. The number of hydrogen-bond acceptors (Lipinski definition) is 8. The van der Waals surface area contributed by atoms with Crippen LogP contribution in [0.5, 0.6) is 0 Å². The quantitative estimate of drug-likeness (QED) is 0.794. The van der Waals surface area contributed by atoms with E-state index in [1.165, 1.54) is 18.5 Å². The molecule has 9 nitrogen and oxygen atoms in total. The molecular formula is C20H30N8O. The van der Waals surface area contributed by atoms with Crippen LogP contribution in [0.15, 0.2) is 6.07 Å². The summed E-state index contributed by atoms with van der Waals surface area (Å²) < 4.78 is 5.50. The first kappa shape index (κ1) is 18.6. The number of nitrogens with zero attached hydrogens (tertiary/aromatic N) is 6. The summed E-state index contributed by atoms with van der Waals surface area (Å²) in [4.78, 5) is 18.8. The van der Waals surface area contributed by atoms with Gasteiger partial charge in [-0.1, -0.05) is 13.8 Å². The molecule has 2 aromatic heterocycles. The van der Waals surface area contributed by atoms with Crippen LogP contribution >= 0.6 is 0 Å². The Bertz CT molecular complexity index is 871. The number of anilines is 4. The first-order chi connectivity index (χ1) is 14.0. The summed E-state index contributed by atoms with van der Waals surface area (Å²) in [5.74, 6) is 3.37. The third-order valence-electron chi connectivity index (χ3n) is 6.00. The molecule has 3 aliphatic rings. The van der Waals surface area contributed by atoms with Gasteiger partial charge in [0.05, 0.1) is 13.2 Å². The molecule has 156 valence electrons. The maximum atomic E-state index is 5.50. The number of rotatable bonds is 5. The zero-order valence-electron chi connectivity index (χ0n) is 17.5. The zero-order chi connectivity index (χ0) is 20.0. The molecule has 1 aliphatic carbocycles. The molecule has 1 atom stereocenters. The lowest BCUT2D eigenvalue weighted by Crippen LogP contribution is -2.38. The van der Waals surface area contributed by atoms with E-state index in [2.05, 4.69) is 52.2 Å². The van der Waals surface area contributed by atoms with Crippen LogP contribution in [0.4, 0.5) is 23.7 Å². The van der Waals surface area contributed by atoms with Gasteiger partial charge in [0, 0.05) is 43.4 Å². The summed E-state index contributed by atoms with van der Waals surface area (Å²) in [6.45, 7) is 10.8. The van der Waals surface area contributed by atoms with E-state index < -0.39 is 0 Å². The lowest BCUT2D eigenvalue weighted by molar-refractivity contribution is 0.122. The summed E-state index contributed by atoms with van der Waals surface area (Å²) >= 11 is 0. The lowest BCUT2D eigenvalue weighted by Gasteiger charge is -2.29. The van der Waals surface area contributed by atoms with E-state index in [1.54, 1.807) is 0 Å². The summed E-state index contributed by atoms with van der Waals surface area (Å²) in [5, 5.41) is 10.8. The Morgan fingerprint density at radius 2 is 1.90 bits per heavy atom. The molecule has 3 fully saturated rings. The minimum absolute atomic E-state index is 0.250. The minimum Gasteiger partial charge on any atom is -0.378 e. The average Bonchev–Trinajstić information content (AvgIpc) is 3.38. The molecule has 0 amide bonds. The zero-order valence-corrected chi connectivity index (χ0v) is 17.5. The van der Waals surface area contributed by atoms with Crippen LogP contribution < -0.4 is 15.1 Å². The summed E-state index contributed by atoms with van der Waals surface area (Å²) in [7, 11) is 0. The van der Waals surface area contributed by atoms with Crippen LogP contribution in [0, 0.1) is 5.41 Å². The molecule has 0 spiro atoms. The van der Waals surface area contributed by atoms with Gasteiger partial charge < -0.3 is 19.9 Å². The molecule has 2 saturated heterocycles. The van der Waals surface area contributed by atoms with Crippen LogP contribution in [0.1, 0.15) is 51.6 Å². The van der Waals surface area contributed by atoms with Crippen molar-refractivity contribution in [2.24, 2.45) is 5.41 Å². The molecule has 5 rings (SSSR count). The highest BCUT2D eigenvalue weighted by atomic mass is 16.5. The van der Waals surface area contributed by atoms with Crippen molar-refractivity contribution >= 4 is 23.7 Å². The molecular weight excluding hydrogens is 368 g/mol. The summed E-state index contributed by atoms with van der Waals surface area (Å²) in [5.41, 5.74) is 1.44. The van der Waals surface area contributed by atoms with E-state index in [0.29, 0.717) is 37.1 Å². The SMILES string of the molecule is C[C@H]1CC(C)(C)CN1c1nc(Nc2cc(C3CC3)[nH]n2)nc(N2CCOCC2)n1. The highest BCUT2D eigenvalue weighted by Crippen LogP contribution is 2.40. The average molecular weight is 399 g/mol. The maximum absolute atomic E-state index is 5.50. The smallest absolute Gasteiger partial charge is 0.235 e. The van der Waals surface area contributed by atoms with E-state index >= 15 is 0 Å². The highest BCUT2D eigenvalue weighted by Gasteiger charge is 2.37. The summed E-state index contributed by atoms with van der Waals surface area (Å²) in [6.07, 6.45) is 3.60. The van der Waals surface area contributed by atoms with Gasteiger partial charge in [0.1, 0.15) is 0 Å². The van der Waals surface area contributed by atoms with Crippen LogP contribution in [-0.4, -0.2) is 64.0 Å². The third-order valence-corrected chi connectivity index (χ3v) is 6.00. The monoisotopic (exact) mass is 398 g/mol. The fraction of sp³-hybridized carbons (Fsp3) is 0.700. The molecule has 29 heavy (non-hydrogen) atoms. The van der Waals surface area contributed by atoms with Gasteiger partial charge in [0.15, 0.2) is 5.82 Å². The number of hydrogen-bond donors (Lipinski definition) is 2. The van der Waals surface area contributed by atoms with E-state index in [0.717, 1.165) is 37.8 Å². The van der Waals surface area contributed by atoms with Crippen molar-refractivity contribution in [3.63, 3.8) is 0 Å². The number of morpholine rings is 1. The van der Waals surface area contributed by atoms with E-state index in [-0.39, 0.29) is 5.41 Å². The van der Waals surface area contributed by atoms with Crippen LogP contribution in [-0.2, 0) is 4.74 Å². The van der Waals surface area contributed by atoms with Crippen molar-refractivity contribution in [3.8, 4) is 0 Å². The number of ether oxygens (including phenoxy) is 1. The predicted octanol–water partition coefficient (Wildman–Crippen LogP) is 2.68. The second kappa shape index (κ2) is 7.12. The van der Waals surface area contributed by atoms with Crippen LogP contribution in [0.3, 0.4) is 0 Å². The molecule has 2 aliphatic heterocycles. The number of H-pyrrole nitrogens is 1. The number of nitrogens with one attached hydrogen (secondary N) is 2. The van der Waals surface area contributed by atoms with E-state index in [4.69, 9.17) is 19.7 Å². The van der Waals surface area contributed by atoms with Crippen molar-refractivity contribution < 1.29 is 4.74 Å². The highest BCUT2D eigenvalue weighted by molar-refractivity contribution is 5.54. The molecule has 2 N–H and O–H groups in total. The Kier molecular flexibility index (Phi) is 4.57. The van der Waals surface area contributed by atoms with Gasteiger partial charge in [-0.15, -0.1) is 0 Å². The predicted molar refractivity (Wildman–Crippen MR) is 112 cm³/mol. The molecule has 9 heteroatoms. The first-order valence-corrected chi connectivity index (χ1v) is 10.6. The van der Waals surface area contributed by atoms with Gasteiger partial charge in [-0.25, -0.2) is 0 Å². The van der Waals surface area contributed by atoms with Crippen molar-refractivity contribution in [2.45, 2.75) is 52.0 Å². The fourth-order valence-electron chi connectivity index (χ4n) is 4.42. The Morgan fingerprint density at radius 3 is 2.59 bits per heavy atom. The van der Waals surface area contributed by atoms with Crippen LogP contribution in [0.2, 0.25) is 0 Å². The topological polar surface area (TPSA) is 95.1 Å². The van der Waals surface area contributed by atoms with E-state index in [9.17, 15) is 0 Å². The third kappa shape index (κ3) is 4.01. The van der Waals surface area contributed by atoms with Gasteiger partial charge >= 0.3 is 0 Å². The molecule has 0 bridgehead atoms. The van der Waals surface area contributed by atoms with Gasteiger partial charge in [-0.05, 0) is 31.6 Å². The largest absolute Gasteiger partial charge is 0.378 e. The van der Waals surface area contributed by atoms with Gasteiger partial charge in [-0.2, -0.15) is 20.1 Å². The van der Waals surface area contributed by atoms with Crippen LogP contribution in [0.25, 0.3) is 0 Å². The van der Waals surface area contributed by atoms with Gasteiger partial charge in [-0.3, -0.25) is 5.10 Å². The fourth-order valence-corrected chi connectivity index (χ4v) is 4.42. The molecule has 1 saturated carbocycles. The van der Waals surface area contributed by atoms with E-state index in [1.807, 2.05) is 0 Å². The Labute approximate surface area is 171 Å². The second-order valence-corrected chi connectivity index (χ2v) is 9.31. The number of aromatic nitrogens is 5. The van der Waals surface area contributed by atoms with Crippen molar-refractivity contribution in [3.05, 3.63) is 11.8 Å². The first-order valence-electron chi connectivity index (χ1n) is 10.6. The van der Waals surface area contributed by atoms with Crippen molar-refractivity contribution in [2.75, 3.05) is 48.0 Å². The van der Waals surface area contributed by atoms with Crippen molar-refractivity contribution in [1.29, 1.82) is 0 Å². The molecule has 0 unspecified atom stereocenters. The van der Waals surface area contributed by atoms with Gasteiger partial charge in [0.25, 0.3) is 0 Å². The summed E-state index contributed by atoms with van der Waals surface area (Å²) in [6, 6.07) is 2.46. The Morgan fingerprint density at radius 1 is 1.14 bits per heavy atom.